The number of nitrogens with two attached hydrogens (primary N) is 1. The number of hydrogen-bond donors (Lipinski definition) is 1. The van der Waals surface area contributed by atoms with Crippen molar-refractivity contribution in [3.63, 3.8) is 0 Å². The van der Waals surface area contributed by atoms with Crippen LogP contribution in [-0.2, 0) is 20.7 Å². The largest absolute Gasteiger partial charge is 0.495 e. The fourth-order valence-electron chi connectivity index (χ4n) is 4.04. The third-order valence-electron chi connectivity index (χ3n) is 5.44. The van der Waals surface area contributed by atoms with E-state index in [1.807, 2.05) is 18.2 Å². The van der Waals surface area contributed by atoms with E-state index in [1.54, 1.807) is 13.2 Å². The minimum atomic E-state index is -0.511. The van der Waals surface area contributed by atoms with Crippen LogP contribution in [-0.4, -0.2) is 25.3 Å². The van der Waals surface area contributed by atoms with E-state index in [2.05, 4.69) is 13.8 Å². The summed E-state index contributed by atoms with van der Waals surface area (Å²) in [6.45, 7) is 4.48. The Bertz CT molecular complexity index is 684. The fourth-order valence-corrected chi connectivity index (χ4v) is 4.04. The molecule has 2 N–H and O–H groups in total. The van der Waals surface area contributed by atoms with Gasteiger partial charge in [-0.2, -0.15) is 0 Å². The topological polar surface area (TPSA) is 70.8 Å². The lowest BCUT2D eigenvalue weighted by Gasteiger charge is -2.38. The smallest absolute Gasteiger partial charge is 0.189 e. The van der Waals surface area contributed by atoms with Crippen LogP contribution in [0.15, 0.2) is 30.0 Å². The van der Waals surface area contributed by atoms with Crippen molar-refractivity contribution in [2.24, 2.45) is 11.8 Å². The van der Waals surface area contributed by atoms with E-state index in [-0.39, 0.29) is 24.4 Å². The summed E-state index contributed by atoms with van der Waals surface area (Å²) in [5, 5.41) is 0. The Morgan fingerprint density at radius 2 is 2.24 bits per heavy atom. The first-order chi connectivity index (χ1) is 12.0. The number of benzene rings is 1. The molecular formula is C20H27NO4. The number of rotatable bonds is 6. The average molecular weight is 345 g/mol. The zero-order valence-corrected chi connectivity index (χ0v) is 15.2. The molecule has 3 atom stereocenters. The van der Waals surface area contributed by atoms with E-state index in [0.29, 0.717) is 23.6 Å². The lowest BCUT2D eigenvalue weighted by Crippen LogP contribution is -2.45. The van der Waals surface area contributed by atoms with Crippen LogP contribution in [0.25, 0.3) is 0 Å². The zero-order valence-electron chi connectivity index (χ0n) is 15.2. The third kappa shape index (κ3) is 3.25. The molecule has 1 saturated heterocycles. The van der Waals surface area contributed by atoms with E-state index in [4.69, 9.17) is 19.9 Å². The number of ether oxygens (including phenoxy) is 3. The van der Waals surface area contributed by atoms with Gasteiger partial charge in [-0.05, 0) is 42.9 Å². The number of ketones is 1. The molecule has 1 aliphatic carbocycles. The molecule has 3 rings (SSSR count). The molecule has 1 unspecified atom stereocenters. The highest BCUT2D eigenvalue weighted by atomic mass is 16.7. The van der Waals surface area contributed by atoms with Gasteiger partial charge in [0.1, 0.15) is 17.1 Å². The molecule has 0 saturated carbocycles. The Balaban J connectivity index is 1.84. The minimum absolute atomic E-state index is 0.0128. The molecular weight excluding hydrogens is 318 g/mol. The number of fused-ring (bicyclic) bond motifs is 1. The summed E-state index contributed by atoms with van der Waals surface area (Å²) >= 11 is 0. The molecule has 5 heteroatoms. The van der Waals surface area contributed by atoms with Gasteiger partial charge in [-0.15, -0.1) is 0 Å². The van der Waals surface area contributed by atoms with E-state index in [1.165, 1.54) is 0 Å². The predicted molar refractivity (Wildman–Crippen MR) is 96.1 cm³/mol. The maximum Gasteiger partial charge on any atom is 0.189 e. The predicted octanol–water partition coefficient (Wildman–Crippen LogP) is 3.47. The third-order valence-corrected chi connectivity index (χ3v) is 5.44. The van der Waals surface area contributed by atoms with Gasteiger partial charge in [0.2, 0.25) is 0 Å². The van der Waals surface area contributed by atoms with Crippen molar-refractivity contribution < 1.29 is 19.0 Å². The van der Waals surface area contributed by atoms with Gasteiger partial charge >= 0.3 is 0 Å². The molecule has 1 aromatic carbocycles. The lowest BCUT2D eigenvalue weighted by molar-refractivity contribution is -0.123. The first-order valence-electron chi connectivity index (χ1n) is 8.95. The monoisotopic (exact) mass is 345 g/mol. The maximum absolute atomic E-state index is 12.3. The van der Waals surface area contributed by atoms with E-state index < -0.39 is 5.60 Å². The summed E-state index contributed by atoms with van der Waals surface area (Å²) in [6.07, 6.45) is 5.02. The van der Waals surface area contributed by atoms with Crippen LogP contribution in [0.4, 0.5) is 5.69 Å². The number of anilines is 1. The number of carbonyl (C=O) groups excluding carboxylic acids is 1. The standard InChI is InChI=1S/C20H27NO4/c1-4-5-15-11-20(19(10-17(15)22)24-12-25-20)13(2)8-14-6-7-18(23-3)16(21)9-14/h6-7,9-10,13,15H,4-5,8,11-12,21H2,1-3H3/t13?,15-,20+/m0/s1. The highest BCUT2D eigenvalue weighted by Gasteiger charge is 2.51. The lowest BCUT2D eigenvalue weighted by atomic mass is 9.71. The van der Waals surface area contributed by atoms with Gasteiger partial charge in [0.05, 0.1) is 12.8 Å². The zero-order chi connectivity index (χ0) is 18.0. The van der Waals surface area contributed by atoms with Crippen molar-refractivity contribution >= 4 is 11.5 Å². The molecule has 136 valence electrons. The normalized spacial score (nSPS) is 26.6. The fraction of sp³-hybridized carbons (Fsp3) is 0.550. The van der Waals surface area contributed by atoms with Gasteiger partial charge in [0.25, 0.3) is 0 Å². The molecule has 1 fully saturated rings. The number of carbonyl (C=O) groups is 1. The van der Waals surface area contributed by atoms with Crippen molar-refractivity contribution in [1.82, 2.24) is 0 Å². The van der Waals surface area contributed by atoms with Crippen LogP contribution < -0.4 is 10.5 Å². The Labute approximate surface area is 149 Å². The molecule has 25 heavy (non-hydrogen) atoms. The molecule has 1 aliphatic heterocycles. The Morgan fingerprint density at radius 1 is 1.44 bits per heavy atom. The van der Waals surface area contributed by atoms with Gasteiger partial charge in [-0.25, -0.2) is 0 Å². The molecule has 0 bridgehead atoms. The minimum Gasteiger partial charge on any atom is -0.495 e. The van der Waals surface area contributed by atoms with Crippen LogP contribution in [0.2, 0.25) is 0 Å². The maximum atomic E-state index is 12.3. The highest BCUT2D eigenvalue weighted by molar-refractivity contribution is 5.93. The Kier molecular flexibility index (Phi) is 5.04. The van der Waals surface area contributed by atoms with Crippen LogP contribution in [0.3, 0.4) is 0 Å². The van der Waals surface area contributed by atoms with E-state index in [0.717, 1.165) is 24.8 Å². The van der Waals surface area contributed by atoms with Crippen LogP contribution in [0, 0.1) is 11.8 Å². The van der Waals surface area contributed by atoms with Crippen LogP contribution in [0.5, 0.6) is 5.75 Å². The SMILES string of the molecule is CCC[C@H]1C[C@]2(C(C)Cc3ccc(OC)c(N)c3)OCOC2=CC1=O. The van der Waals surface area contributed by atoms with Crippen molar-refractivity contribution in [2.45, 2.75) is 45.1 Å². The quantitative estimate of drug-likeness (QED) is 0.799. The van der Waals surface area contributed by atoms with Gasteiger partial charge in [-0.3, -0.25) is 4.79 Å². The Morgan fingerprint density at radius 3 is 2.92 bits per heavy atom. The second kappa shape index (κ2) is 7.08. The second-order valence-corrected chi connectivity index (χ2v) is 7.08. The molecule has 1 heterocycles. The number of hydrogen-bond acceptors (Lipinski definition) is 5. The number of nitrogen functional groups attached to an aromatic ring is 1. The van der Waals surface area contributed by atoms with Crippen molar-refractivity contribution in [3.8, 4) is 5.75 Å². The molecule has 0 radical (unpaired) electrons. The summed E-state index contributed by atoms with van der Waals surface area (Å²) in [6, 6.07) is 5.86. The number of allylic oxidation sites excluding steroid dienone is 1. The van der Waals surface area contributed by atoms with Gasteiger partial charge in [-0.1, -0.05) is 26.3 Å². The molecule has 0 amide bonds. The van der Waals surface area contributed by atoms with Crippen molar-refractivity contribution in [1.29, 1.82) is 0 Å². The summed E-state index contributed by atoms with van der Waals surface area (Å²) in [7, 11) is 1.61. The summed E-state index contributed by atoms with van der Waals surface area (Å²) in [5.41, 5.74) is 7.28. The number of methoxy groups -OCH3 is 1. The van der Waals surface area contributed by atoms with Gasteiger partial charge in [0.15, 0.2) is 12.6 Å². The molecule has 1 aromatic rings. The molecule has 0 spiro atoms. The van der Waals surface area contributed by atoms with Crippen LogP contribution >= 0.6 is 0 Å². The summed E-state index contributed by atoms with van der Waals surface area (Å²) in [5.74, 6) is 1.72. The van der Waals surface area contributed by atoms with Crippen LogP contribution in [0.1, 0.15) is 38.7 Å². The highest BCUT2D eigenvalue weighted by Crippen LogP contribution is 2.46. The van der Waals surface area contributed by atoms with E-state index in [9.17, 15) is 4.79 Å². The molecule has 0 aromatic heterocycles. The molecule has 2 aliphatic rings. The summed E-state index contributed by atoms with van der Waals surface area (Å²) in [4.78, 5) is 12.3. The Hall–Kier alpha value is -2.01. The van der Waals surface area contributed by atoms with Gasteiger partial charge < -0.3 is 19.9 Å². The average Bonchev–Trinajstić information content (AvgIpc) is 2.99. The molecule has 5 nitrogen and oxygen atoms in total. The van der Waals surface area contributed by atoms with E-state index >= 15 is 0 Å². The van der Waals surface area contributed by atoms with Gasteiger partial charge in [0, 0.05) is 12.0 Å². The first-order valence-corrected chi connectivity index (χ1v) is 8.95. The second-order valence-electron chi connectivity index (χ2n) is 7.08. The summed E-state index contributed by atoms with van der Waals surface area (Å²) < 4.78 is 17.0. The van der Waals surface area contributed by atoms with Crippen molar-refractivity contribution in [2.75, 3.05) is 19.6 Å². The van der Waals surface area contributed by atoms with Crippen molar-refractivity contribution in [3.05, 3.63) is 35.6 Å². The first kappa shape index (κ1) is 17.8.